The molecule has 0 aliphatic carbocycles. The van der Waals surface area contributed by atoms with E-state index in [4.69, 9.17) is 60.4 Å². The van der Waals surface area contributed by atoms with E-state index in [2.05, 4.69) is 9.05 Å². The molecule has 0 unspecified atom stereocenters. The summed E-state index contributed by atoms with van der Waals surface area (Å²) in [6.45, 7) is -2.13. The predicted molar refractivity (Wildman–Crippen MR) is 99.8 cm³/mol. The van der Waals surface area contributed by atoms with Gasteiger partial charge in [0.05, 0.1) is 25.2 Å². The summed E-state index contributed by atoms with van der Waals surface area (Å²) in [7, 11) is -9.75. The van der Waals surface area contributed by atoms with E-state index >= 15 is 0 Å². The van der Waals surface area contributed by atoms with Crippen LogP contribution in [0, 0.1) is 0 Å². The van der Waals surface area contributed by atoms with Gasteiger partial charge >= 0.3 is 64.5 Å². The van der Waals surface area contributed by atoms with E-state index in [-0.39, 0.29) is 48.9 Å². The number of hydrogen-bond donors (Lipinski definition) is 12. The van der Waals surface area contributed by atoms with Gasteiger partial charge in [-0.1, -0.05) is 0 Å². The predicted octanol–water partition coefficient (Wildman–Crippen LogP) is -9.80. The average molecular weight is 688 g/mol. The van der Waals surface area contributed by atoms with E-state index < -0.39 is 89.6 Å². The molecule has 0 aliphatic rings. The zero-order valence-electron chi connectivity index (χ0n) is 17.3. The standard InChI is InChI=1S/2C6H13O10P.Ba/c2*7-2(1-16-17(13,14)15)3(8)4(9)5(10)6(11)12;/h2*2-5,7-10H,1H2,(H,11,12)(H2,13,14,15);/q;;+2/p-2/t2*2-,3-,4+,5-;/m11./s1. The van der Waals surface area contributed by atoms with E-state index in [0.29, 0.717) is 0 Å². The maximum Gasteiger partial charge on any atom is 2.00 e. The summed E-state index contributed by atoms with van der Waals surface area (Å²) in [5, 5.41) is 92.2. The van der Waals surface area contributed by atoms with Gasteiger partial charge in [0.1, 0.15) is 48.8 Å². The first-order valence-corrected chi connectivity index (χ1v) is 11.4. The van der Waals surface area contributed by atoms with Crippen molar-refractivity contribution in [2.45, 2.75) is 48.8 Å². The molecule has 0 saturated carbocycles. The molecule has 20 nitrogen and oxygen atoms in total. The van der Waals surface area contributed by atoms with Crippen LogP contribution in [0.2, 0.25) is 0 Å². The van der Waals surface area contributed by atoms with Crippen molar-refractivity contribution >= 4 is 76.5 Å². The van der Waals surface area contributed by atoms with Crippen LogP contribution < -0.4 is 10.2 Å². The van der Waals surface area contributed by atoms with Gasteiger partial charge in [0.25, 0.3) is 0 Å². The molecule has 0 fully saturated rings. The molecule has 23 heteroatoms. The Morgan fingerprint density at radius 1 is 0.600 bits per heavy atom. The normalized spacial score (nSPS) is 18.9. The van der Waals surface area contributed by atoms with Crippen molar-refractivity contribution in [2.75, 3.05) is 13.2 Å². The van der Waals surface area contributed by atoms with Crippen LogP contribution in [0.5, 0.6) is 0 Å². The largest absolute Gasteiger partial charge is 2.00 e. The van der Waals surface area contributed by atoms with Crippen LogP contribution >= 0.6 is 15.6 Å². The Bertz CT molecular complexity index is 665. The fourth-order valence-electron chi connectivity index (χ4n) is 1.65. The minimum absolute atomic E-state index is 0. The van der Waals surface area contributed by atoms with E-state index in [1.165, 1.54) is 0 Å². The monoisotopic (exact) mass is 688 g/mol. The molecular weight excluding hydrogens is 663 g/mol. The Labute approximate surface area is 235 Å². The van der Waals surface area contributed by atoms with Crippen molar-refractivity contribution in [3.63, 3.8) is 0 Å². The Morgan fingerprint density at radius 2 is 0.829 bits per heavy atom. The third-order valence-electron chi connectivity index (χ3n) is 3.45. The molecule has 0 amide bonds. The summed E-state index contributed by atoms with van der Waals surface area (Å²) in [5.41, 5.74) is 0. The van der Waals surface area contributed by atoms with Crippen LogP contribution in [-0.2, 0) is 27.8 Å². The molecule has 8 atom stereocenters. The van der Waals surface area contributed by atoms with Crippen LogP contribution in [0.3, 0.4) is 0 Å². The number of carboxylic acid groups (broad SMARTS) is 2. The number of aliphatic carboxylic acids is 2. The number of aliphatic hydroxyl groups is 8. The molecule has 0 aromatic rings. The number of carboxylic acids is 2. The first-order valence-electron chi connectivity index (χ1n) is 8.38. The first kappa shape index (κ1) is 39.9. The quantitative estimate of drug-likeness (QED) is 0.0595. The van der Waals surface area contributed by atoms with Gasteiger partial charge in [0.15, 0.2) is 0 Å². The maximum atomic E-state index is 10.2. The molecule has 35 heavy (non-hydrogen) atoms. The Morgan fingerprint density at radius 3 is 1.00 bits per heavy atom. The first-order chi connectivity index (χ1) is 15.1. The summed E-state index contributed by atoms with van der Waals surface area (Å²) < 4.78 is 28.1. The van der Waals surface area contributed by atoms with Crippen molar-refractivity contribution < 1.29 is 98.4 Å². The van der Waals surface area contributed by atoms with E-state index in [0.717, 1.165) is 0 Å². The zero-order valence-corrected chi connectivity index (χ0v) is 23.5. The molecule has 0 bridgehead atoms. The van der Waals surface area contributed by atoms with Gasteiger partial charge in [-0.2, -0.15) is 0 Å². The second-order valence-electron chi connectivity index (χ2n) is 6.20. The van der Waals surface area contributed by atoms with Gasteiger partial charge < -0.3 is 80.2 Å². The minimum Gasteiger partial charge on any atom is -0.547 e. The van der Waals surface area contributed by atoms with Crippen molar-refractivity contribution in [2.24, 2.45) is 0 Å². The molecule has 204 valence electrons. The Balaban J connectivity index is -0.000000569. The second kappa shape index (κ2) is 17.8. The summed E-state index contributed by atoms with van der Waals surface area (Å²) in [6.07, 6.45) is -17.9. The van der Waals surface area contributed by atoms with Crippen molar-refractivity contribution in [1.29, 1.82) is 0 Å². The van der Waals surface area contributed by atoms with Crippen molar-refractivity contribution in [3.8, 4) is 0 Å². The summed E-state index contributed by atoms with van der Waals surface area (Å²) in [6, 6.07) is 0. The summed E-state index contributed by atoms with van der Waals surface area (Å²) in [5.74, 6) is -4.17. The van der Waals surface area contributed by atoms with Crippen LogP contribution in [0.25, 0.3) is 0 Å². The van der Waals surface area contributed by atoms with Gasteiger partial charge in [-0.25, -0.2) is 9.13 Å². The fourth-order valence-corrected chi connectivity index (χ4v) is 2.35. The molecular formula is C12H24BaO20P2. The SMILES string of the molecule is O=C([O-])[C@H](O)[C@@H](O)[C@H](O)[C@H](O)COP(=O)(O)O.O=C([O-])[C@H](O)[C@@H](O)[C@H](O)[C@H](O)COP(=O)(O)O.[Ba+2]. The number of carbonyl (C=O) groups is 2. The van der Waals surface area contributed by atoms with Gasteiger partial charge in [-0.05, 0) is 0 Å². The topological polar surface area (TPSA) is 376 Å². The molecule has 0 aliphatic heterocycles. The number of phosphoric acid groups is 2. The van der Waals surface area contributed by atoms with Gasteiger partial charge in [-0.15, -0.1) is 0 Å². The Kier molecular flexibility index (Phi) is 20.3. The molecule has 0 aromatic carbocycles. The van der Waals surface area contributed by atoms with Crippen molar-refractivity contribution in [1.82, 2.24) is 0 Å². The van der Waals surface area contributed by atoms with E-state index in [9.17, 15) is 28.9 Å². The van der Waals surface area contributed by atoms with Gasteiger partial charge in [0.2, 0.25) is 0 Å². The smallest absolute Gasteiger partial charge is 0.547 e. The van der Waals surface area contributed by atoms with Crippen LogP contribution in [0.4, 0.5) is 0 Å². The molecule has 0 heterocycles. The van der Waals surface area contributed by atoms with Crippen LogP contribution in [-0.4, -0.2) is 183 Å². The fraction of sp³-hybridized carbons (Fsp3) is 0.833. The average Bonchev–Trinajstić information content (AvgIpc) is 2.71. The number of rotatable bonds is 14. The van der Waals surface area contributed by atoms with Crippen LogP contribution in [0.1, 0.15) is 0 Å². The second-order valence-corrected chi connectivity index (χ2v) is 8.68. The molecule has 0 spiro atoms. The third-order valence-corrected chi connectivity index (χ3v) is 4.42. The van der Waals surface area contributed by atoms with Gasteiger partial charge in [0, 0.05) is 0 Å². The number of aliphatic hydroxyl groups excluding tert-OH is 8. The third kappa shape index (κ3) is 18.3. The van der Waals surface area contributed by atoms with Gasteiger partial charge in [-0.3, -0.25) is 9.05 Å². The van der Waals surface area contributed by atoms with Crippen molar-refractivity contribution in [3.05, 3.63) is 0 Å². The number of carbonyl (C=O) groups excluding carboxylic acids is 2. The molecule has 0 saturated heterocycles. The molecule has 0 radical (unpaired) electrons. The molecule has 0 rings (SSSR count). The van der Waals surface area contributed by atoms with E-state index in [1.807, 2.05) is 0 Å². The number of phosphoric ester groups is 2. The minimum atomic E-state index is -4.88. The van der Waals surface area contributed by atoms with Crippen LogP contribution in [0.15, 0.2) is 0 Å². The summed E-state index contributed by atoms with van der Waals surface area (Å²) >= 11 is 0. The number of hydrogen-bond acceptors (Lipinski definition) is 16. The Hall–Kier alpha value is 0.411. The molecule has 0 aromatic heterocycles. The maximum absolute atomic E-state index is 10.2. The summed E-state index contributed by atoms with van der Waals surface area (Å²) in [4.78, 5) is 53.3. The van der Waals surface area contributed by atoms with E-state index in [1.54, 1.807) is 0 Å². The molecule has 12 N–H and O–H groups in total. The zero-order chi connectivity index (χ0) is 27.6.